The molecule has 0 aliphatic carbocycles. The first-order valence-corrected chi connectivity index (χ1v) is 9.61. The highest BCUT2D eigenvalue weighted by atomic mass is 16.5. The van der Waals surface area contributed by atoms with Gasteiger partial charge in [0.1, 0.15) is 11.4 Å². The molecule has 0 saturated carbocycles. The first-order chi connectivity index (χ1) is 13.8. The lowest BCUT2D eigenvalue weighted by atomic mass is 10.0. The topological polar surface area (TPSA) is 54.5 Å². The Hall–Kier alpha value is -3.34. The van der Waals surface area contributed by atoms with E-state index in [1.54, 1.807) is 12.3 Å². The fourth-order valence-corrected chi connectivity index (χ4v) is 3.52. The van der Waals surface area contributed by atoms with Crippen LogP contribution in [0, 0.1) is 0 Å². The highest BCUT2D eigenvalue weighted by Crippen LogP contribution is 2.33. The molecule has 1 aliphatic rings. The highest BCUT2D eigenvalue weighted by molar-refractivity contribution is 6.03. The van der Waals surface area contributed by atoms with Crippen molar-refractivity contribution in [2.24, 2.45) is 0 Å². The fourth-order valence-electron chi connectivity index (χ4n) is 3.52. The van der Waals surface area contributed by atoms with Crippen LogP contribution in [0.5, 0.6) is 5.75 Å². The first-order valence-electron chi connectivity index (χ1n) is 9.61. The number of hydrogen-bond donors (Lipinski definition) is 1. The molecular weight excluding hydrogens is 350 g/mol. The van der Waals surface area contributed by atoms with Gasteiger partial charge >= 0.3 is 0 Å². The molecule has 4 rings (SSSR count). The molecule has 1 amide bonds. The van der Waals surface area contributed by atoms with Gasteiger partial charge < -0.3 is 15.0 Å². The van der Waals surface area contributed by atoms with Crippen molar-refractivity contribution in [2.75, 3.05) is 23.4 Å². The lowest BCUT2D eigenvalue weighted by Gasteiger charge is -2.31. The van der Waals surface area contributed by atoms with Crippen molar-refractivity contribution in [2.45, 2.75) is 19.8 Å². The van der Waals surface area contributed by atoms with Crippen LogP contribution in [0.25, 0.3) is 0 Å². The Kier molecular flexibility index (Phi) is 5.24. The standard InChI is InChI=1S/C23H23N3O2/c1-2-28-22-12-6-4-10-19(22)25-23(27)20-14-13-18(16-24-20)26-15-7-9-17-8-3-5-11-21(17)26/h3-6,8,10-14,16H,2,7,9,15H2,1H3,(H,25,27). The van der Waals surface area contributed by atoms with Crippen molar-refractivity contribution < 1.29 is 9.53 Å². The van der Waals surface area contributed by atoms with Crippen molar-refractivity contribution in [3.05, 3.63) is 78.1 Å². The number of ether oxygens (including phenoxy) is 1. The van der Waals surface area contributed by atoms with E-state index in [1.807, 2.05) is 37.3 Å². The van der Waals surface area contributed by atoms with Gasteiger partial charge in [0.25, 0.3) is 5.91 Å². The van der Waals surface area contributed by atoms with Gasteiger partial charge in [0.05, 0.1) is 24.2 Å². The second-order valence-corrected chi connectivity index (χ2v) is 6.67. The summed E-state index contributed by atoms with van der Waals surface area (Å²) in [4.78, 5) is 19.3. The van der Waals surface area contributed by atoms with Crippen molar-refractivity contribution >= 4 is 23.0 Å². The second-order valence-electron chi connectivity index (χ2n) is 6.67. The van der Waals surface area contributed by atoms with Crippen molar-refractivity contribution in [1.29, 1.82) is 0 Å². The molecule has 1 N–H and O–H groups in total. The smallest absolute Gasteiger partial charge is 0.274 e. The Bertz CT molecular complexity index is 970. The van der Waals surface area contributed by atoms with Gasteiger partial charge in [-0.15, -0.1) is 0 Å². The Morgan fingerprint density at radius 2 is 1.93 bits per heavy atom. The van der Waals surface area contributed by atoms with E-state index in [-0.39, 0.29) is 5.91 Å². The zero-order valence-electron chi connectivity index (χ0n) is 15.9. The summed E-state index contributed by atoms with van der Waals surface area (Å²) in [5, 5.41) is 2.89. The summed E-state index contributed by atoms with van der Waals surface area (Å²) in [6, 6.07) is 19.6. The molecular formula is C23H23N3O2. The van der Waals surface area contributed by atoms with Crippen LogP contribution in [-0.2, 0) is 6.42 Å². The van der Waals surface area contributed by atoms with Gasteiger partial charge in [0.15, 0.2) is 0 Å². The number of aromatic nitrogens is 1. The molecule has 3 aromatic rings. The second kappa shape index (κ2) is 8.13. The van der Waals surface area contributed by atoms with Crippen molar-refractivity contribution in [3.8, 4) is 5.75 Å². The summed E-state index contributed by atoms with van der Waals surface area (Å²) in [5.74, 6) is 0.401. The van der Waals surface area contributed by atoms with Crippen LogP contribution >= 0.6 is 0 Å². The lowest BCUT2D eigenvalue weighted by Crippen LogP contribution is -2.24. The molecule has 142 valence electrons. The van der Waals surface area contributed by atoms with Crippen LogP contribution in [0.15, 0.2) is 66.9 Å². The van der Waals surface area contributed by atoms with E-state index >= 15 is 0 Å². The summed E-state index contributed by atoms with van der Waals surface area (Å²) in [6.45, 7) is 3.40. The largest absolute Gasteiger partial charge is 0.492 e. The molecule has 0 radical (unpaired) electrons. The van der Waals surface area contributed by atoms with Crippen LogP contribution in [0.2, 0.25) is 0 Å². The molecule has 1 aromatic heterocycles. The fraction of sp³-hybridized carbons (Fsp3) is 0.217. The number of carbonyl (C=O) groups is 1. The number of fused-ring (bicyclic) bond motifs is 1. The number of amides is 1. The highest BCUT2D eigenvalue weighted by Gasteiger charge is 2.18. The van der Waals surface area contributed by atoms with E-state index < -0.39 is 0 Å². The van der Waals surface area contributed by atoms with Crippen LogP contribution in [-0.4, -0.2) is 24.0 Å². The molecule has 0 fully saturated rings. The number of nitrogens with one attached hydrogen (secondary N) is 1. The molecule has 2 aromatic carbocycles. The van der Waals surface area contributed by atoms with E-state index in [9.17, 15) is 4.79 Å². The zero-order chi connectivity index (χ0) is 19.3. The average Bonchev–Trinajstić information content (AvgIpc) is 2.75. The Morgan fingerprint density at radius 1 is 1.11 bits per heavy atom. The predicted octanol–water partition coefficient (Wildman–Crippen LogP) is 4.82. The molecule has 0 spiro atoms. The lowest BCUT2D eigenvalue weighted by molar-refractivity contribution is 0.102. The van der Waals surface area contributed by atoms with Crippen LogP contribution < -0.4 is 15.0 Å². The SMILES string of the molecule is CCOc1ccccc1NC(=O)c1ccc(N2CCCc3ccccc32)cn1. The van der Waals surface area contributed by atoms with Gasteiger partial charge in [-0.1, -0.05) is 30.3 Å². The van der Waals surface area contributed by atoms with Crippen molar-refractivity contribution in [3.63, 3.8) is 0 Å². The van der Waals surface area contributed by atoms with Gasteiger partial charge in [-0.3, -0.25) is 4.79 Å². The number of anilines is 3. The molecule has 0 saturated heterocycles. The number of rotatable bonds is 5. The average molecular weight is 373 g/mol. The molecule has 5 nitrogen and oxygen atoms in total. The van der Waals surface area contributed by atoms with Gasteiger partial charge in [0.2, 0.25) is 0 Å². The van der Waals surface area contributed by atoms with Gasteiger partial charge in [-0.25, -0.2) is 4.98 Å². The van der Waals surface area contributed by atoms with E-state index in [4.69, 9.17) is 4.74 Å². The molecule has 1 aliphatic heterocycles. The van der Waals surface area contributed by atoms with E-state index in [0.717, 1.165) is 25.1 Å². The summed E-state index contributed by atoms with van der Waals surface area (Å²) < 4.78 is 5.56. The van der Waals surface area contributed by atoms with Crippen molar-refractivity contribution in [1.82, 2.24) is 4.98 Å². The third-order valence-electron chi connectivity index (χ3n) is 4.84. The van der Waals surface area contributed by atoms with Crippen LogP contribution in [0.4, 0.5) is 17.1 Å². The monoisotopic (exact) mass is 373 g/mol. The zero-order valence-corrected chi connectivity index (χ0v) is 15.9. The van der Waals surface area contributed by atoms with Gasteiger partial charge in [0, 0.05) is 12.2 Å². The minimum absolute atomic E-state index is 0.252. The van der Waals surface area contributed by atoms with Crippen LogP contribution in [0.1, 0.15) is 29.4 Å². The molecule has 0 atom stereocenters. The third-order valence-corrected chi connectivity index (χ3v) is 4.84. The number of pyridine rings is 1. The number of aryl methyl sites for hydroxylation is 1. The summed E-state index contributed by atoms with van der Waals surface area (Å²) in [5.41, 5.74) is 4.59. The summed E-state index contributed by atoms with van der Waals surface area (Å²) in [6.07, 6.45) is 3.97. The molecule has 28 heavy (non-hydrogen) atoms. The number of hydrogen-bond acceptors (Lipinski definition) is 4. The molecule has 2 heterocycles. The predicted molar refractivity (Wildman–Crippen MR) is 112 cm³/mol. The third kappa shape index (κ3) is 3.69. The van der Waals surface area contributed by atoms with Gasteiger partial charge in [-0.2, -0.15) is 0 Å². The molecule has 0 unspecified atom stereocenters. The summed E-state index contributed by atoms with van der Waals surface area (Å²) >= 11 is 0. The van der Waals surface area contributed by atoms with Gasteiger partial charge in [-0.05, 0) is 55.7 Å². The van der Waals surface area contributed by atoms with E-state index in [0.29, 0.717) is 23.7 Å². The maximum Gasteiger partial charge on any atom is 0.274 e. The Labute approximate surface area is 165 Å². The molecule has 5 heteroatoms. The summed E-state index contributed by atoms with van der Waals surface area (Å²) in [7, 11) is 0. The number of nitrogens with zero attached hydrogens (tertiary/aromatic N) is 2. The number of para-hydroxylation sites is 3. The molecule has 0 bridgehead atoms. The number of carbonyl (C=O) groups excluding carboxylic acids is 1. The Balaban J connectivity index is 1.52. The Morgan fingerprint density at radius 3 is 2.75 bits per heavy atom. The first kappa shape index (κ1) is 18.0. The maximum atomic E-state index is 12.6. The van der Waals surface area contributed by atoms with E-state index in [1.165, 1.54) is 11.3 Å². The number of benzene rings is 2. The minimum Gasteiger partial charge on any atom is -0.492 e. The maximum absolute atomic E-state index is 12.6. The van der Waals surface area contributed by atoms with Crippen LogP contribution in [0.3, 0.4) is 0 Å². The normalized spacial score (nSPS) is 13.0. The minimum atomic E-state index is -0.252. The van der Waals surface area contributed by atoms with E-state index in [2.05, 4.69) is 39.5 Å². The quantitative estimate of drug-likeness (QED) is 0.697.